The molecule has 2 nitrogen and oxygen atoms in total. The van der Waals surface area contributed by atoms with Gasteiger partial charge >= 0.3 is 0 Å². The molecule has 0 saturated carbocycles. The number of benzene rings is 9. The second-order valence-electron chi connectivity index (χ2n) is 19.6. The van der Waals surface area contributed by atoms with E-state index < -0.39 is 5.41 Å². The molecular weight excluding hydrogens is 845 g/mol. The van der Waals surface area contributed by atoms with Crippen LogP contribution in [0.4, 0.5) is 28.4 Å². The van der Waals surface area contributed by atoms with Crippen LogP contribution >= 0.6 is 0 Å². The standard InChI is InChI=1S/C68H52N2/c1-67(2)61-35-21-20-34-58(61)59-42-40-55(45-62(59)67)69(52-29-14-6-15-30-52)56-41-43-60-63(46-56)68(50-25-10-4-11-26-50,51-27-12-5-13-28-51)64-44-49-24-18-19-33-57(49)66(65(60)64)70(53-31-16-7-17-32-53)54-38-36-48(37-39-54)47-22-8-3-9-23-47/h3-46,49,57H,1-2H3. The van der Waals surface area contributed by atoms with Gasteiger partial charge in [0.2, 0.25) is 0 Å². The van der Waals surface area contributed by atoms with E-state index in [0.717, 1.165) is 28.4 Å². The van der Waals surface area contributed by atoms with Crippen LogP contribution in [-0.2, 0) is 10.8 Å². The normalized spacial score (nSPS) is 17.4. The van der Waals surface area contributed by atoms with Gasteiger partial charge in [-0.3, -0.25) is 0 Å². The van der Waals surface area contributed by atoms with Crippen LogP contribution in [0, 0.1) is 11.8 Å². The molecule has 0 bridgehead atoms. The molecule has 0 saturated heterocycles. The van der Waals surface area contributed by atoms with Gasteiger partial charge in [0.25, 0.3) is 0 Å². The first kappa shape index (κ1) is 41.7. The fourth-order valence-corrected chi connectivity index (χ4v) is 12.3. The van der Waals surface area contributed by atoms with Gasteiger partial charge in [-0.05, 0) is 122 Å². The van der Waals surface area contributed by atoms with Crippen molar-refractivity contribution in [2.75, 3.05) is 9.80 Å². The topological polar surface area (TPSA) is 6.48 Å². The molecule has 0 amide bonds. The lowest BCUT2D eigenvalue weighted by molar-refractivity contribution is 0.600. The number of rotatable bonds is 9. The Kier molecular flexibility index (Phi) is 9.92. The second-order valence-corrected chi connectivity index (χ2v) is 19.6. The summed E-state index contributed by atoms with van der Waals surface area (Å²) in [5, 5.41) is 0. The monoisotopic (exact) mass is 896 g/mol. The van der Waals surface area contributed by atoms with Crippen molar-refractivity contribution in [3.05, 3.63) is 312 Å². The van der Waals surface area contributed by atoms with E-state index in [4.69, 9.17) is 0 Å². The number of fused-ring (bicyclic) bond motifs is 7. The Morgan fingerprint density at radius 1 is 0.371 bits per heavy atom. The number of hydrogen-bond donors (Lipinski definition) is 0. The third-order valence-corrected chi connectivity index (χ3v) is 15.5. The van der Waals surface area contributed by atoms with Gasteiger partial charge in [0.1, 0.15) is 0 Å². The molecule has 0 spiro atoms. The quantitative estimate of drug-likeness (QED) is 0.142. The number of para-hydroxylation sites is 2. The summed E-state index contributed by atoms with van der Waals surface area (Å²) >= 11 is 0. The Bertz CT molecular complexity index is 3510. The summed E-state index contributed by atoms with van der Waals surface area (Å²) in [5.74, 6) is 0.196. The summed E-state index contributed by atoms with van der Waals surface area (Å²) in [6.07, 6.45) is 11.9. The molecule has 0 aromatic heterocycles. The molecule has 2 heteroatoms. The molecule has 2 unspecified atom stereocenters. The van der Waals surface area contributed by atoms with Gasteiger partial charge in [0.05, 0.1) is 5.41 Å². The molecule has 0 fully saturated rings. The highest BCUT2D eigenvalue weighted by Gasteiger charge is 2.53. The van der Waals surface area contributed by atoms with E-state index in [1.807, 2.05) is 0 Å². The zero-order valence-corrected chi connectivity index (χ0v) is 39.5. The van der Waals surface area contributed by atoms with Crippen LogP contribution < -0.4 is 9.80 Å². The minimum absolute atomic E-state index is 0.0762. The van der Waals surface area contributed by atoms with E-state index in [9.17, 15) is 0 Å². The zero-order valence-electron chi connectivity index (χ0n) is 39.5. The molecule has 334 valence electrons. The Morgan fingerprint density at radius 2 is 0.843 bits per heavy atom. The Balaban J connectivity index is 1.10. The molecule has 4 aliphatic carbocycles. The van der Waals surface area contributed by atoms with Crippen LogP contribution in [0.15, 0.2) is 278 Å². The van der Waals surface area contributed by atoms with Gasteiger partial charge < -0.3 is 9.80 Å². The van der Waals surface area contributed by atoms with Crippen LogP contribution in [-0.4, -0.2) is 0 Å². The van der Waals surface area contributed by atoms with Gasteiger partial charge in [-0.25, -0.2) is 0 Å². The van der Waals surface area contributed by atoms with Gasteiger partial charge in [-0.15, -0.1) is 0 Å². The third kappa shape index (κ3) is 6.47. The first-order chi connectivity index (χ1) is 34.5. The highest BCUT2D eigenvalue weighted by molar-refractivity contribution is 6.00. The third-order valence-electron chi connectivity index (χ3n) is 15.5. The first-order valence-electron chi connectivity index (χ1n) is 24.7. The molecular formula is C68H52N2. The summed E-state index contributed by atoms with van der Waals surface area (Å²) in [6, 6.07) is 87.7. The molecule has 13 rings (SSSR count). The number of anilines is 5. The smallest absolute Gasteiger partial charge is 0.0712 e. The molecule has 0 aliphatic heterocycles. The predicted molar refractivity (Wildman–Crippen MR) is 292 cm³/mol. The zero-order chi connectivity index (χ0) is 46.8. The van der Waals surface area contributed by atoms with Crippen molar-refractivity contribution in [1.82, 2.24) is 0 Å². The molecule has 9 aromatic rings. The van der Waals surface area contributed by atoms with E-state index in [1.54, 1.807) is 0 Å². The summed E-state index contributed by atoms with van der Waals surface area (Å²) in [6.45, 7) is 4.74. The van der Waals surface area contributed by atoms with Gasteiger partial charge in [-0.1, -0.05) is 220 Å². The van der Waals surface area contributed by atoms with Gasteiger partial charge in [-0.2, -0.15) is 0 Å². The molecule has 0 radical (unpaired) electrons. The maximum atomic E-state index is 2.61. The largest absolute Gasteiger partial charge is 0.313 e. The van der Waals surface area contributed by atoms with Crippen molar-refractivity contribution < 1.29 is 0 Å². The highest BCUT2D eigenvalue weighted by Crippen LogP contribution is 2.63. The average Bonchev–Trinajstić information content (AvgIpc) is 3.84. The van der Waals surface area contributed by atoms with Crippen molar-refractivity contribution >= 4 is 34.0 Å². The lowest BCUT2D eigenvalue weighted by Gasteiger charge is -2.42. The molecule has 4 aliphatic rings. The van der Waals surface area contributed by atoms with E-state index >= 15 is 0 Å². The van der Waals surface area contributed by atoms with Crippen LogP contribution in [0.1, 0.15) is 47.2 Å². The lowest BCUT2D eigenvalue weighted by Crippen LogP contribution is -2.34. The number of allylic oxidation sites excluding steroid dienone is 7. The van der Waals surface area contributed by atoms with Crippen LogP contribution in [0.2, 0.25) is 0 Å². The second kappa shape index (κ2) is 16.6. The van der Waals surface area contributed by atoms with Gasteiger partial charge in [0.15, 0.2) is 0 Å². The van der Waals surface area contributed by atoms with Crippen molar-refractivity contribution in [1.29, 1.82) is 0 Å². The van der Waals surface area contributed by atoms with Crippen molar-refractivity contribution in [2.45, 2.75) is 24.7 Å². The number of hydrogen-bond acceptors (Lipinski definition) is 2. The molecule has 0 N–H and O–H groups in total. The minimum Gasteiger partial charge on any atom is -0.313 e. The Hall–Kier alpha value is -8.46. The highest BCUT2D eigenvalue weighted by atomic mass is 15.2. The first-order valence-corrected chi connectivity index (χ1v) is 24.7. The van der Waals surface area contributed by atoms with Crippen LogP contribution in [0.5, 0.6) is 0 Å². The van der Waals surface area contributed by atoms with Crippen LogP contribution in [0.25, 0.3) is 27.8 Å². The SMILES string of the molecule is CC1(C)c2ccccc2-c2ccc(N(c3ccccc3)c3ccc4c(c3)C(c3ccccc3)(c3ccccc3)C3=CC5C=CC=CC5C(N(c5ccccc5)c5ccc(-c6ccccc6)cc5)=C34)cc21. The van der Waals surface area contributed by atoms with Crippen molar-refractivity contribution in [2.24, 2.45) is 11.8 Å². The Labute approximate surface area is 412 Å². The number of nitrogens with zero attached hydrogens (tertiary/aromatic N) is 2. The minimum atomic E-state index is -0.655. The molecule has 0 heterocycles. The molecule has 70 heavy (non-hydrogen) atoms. The summed E-state index contributed by atoms with van der Waals surface area (Å²) in [4.78, 5) is 5.03. The van der Waals surface area contributed by atoms with Crippen LogP contribution in [0.3, 0.4) is 0 Å². The summed E-state index contributed by atoms with van der Waals surface area (Å²) in [5.41, 5.74) is 21.5. The summed E-state index contributed by atoms with van der Waals surface area (Å²) < 4.78 is 0. The van der Waals surface area contributed by atoms with E-state index in [1.165, 1.54) is 72.5 Å². The maximum Gasteiger partial charge on any atom is 0.0712 e. The fraction of sp³-hybridized carbons (Fsp3) is 0.0882. The Morgan fingerprint density at radius 3 is 1.49 bits per heavy atom. The van der Waals surface area contributed by atoms with E-state index in [0.29, 0.717) is 0 Å². The summed E-state index contributed by atoms with van der Waals surface area (Å²) in [7, 11) is 0. The van der Waals surface area contributed by atoms with Crippen molar-refractivity contribution in [3.8, 4) is 22.3 Å². The molecule has 9 aromatic carbocycles. The lowest BCUT2D eigenvalue weighted by atomic mass is 9.64. The molecule has 2 atom stereocenters. The van der Waals surface area contributed by atoms with E-state index in [-0.39, 0.29) is 17.3 Å². The van der Waals surface area contributed by atoms with Crippen molar-refractivity contribution in [3.63, 3.8) is 0 Å². The fourth-order valence-electron chi connectivity index (χ4n) is 12.3. The van der Waals surface area contributed by atoms with Gasteiger partial charge in [0, 0.05) is 57.0 Å². The average molecular weight is 897 g/mol. The predicted octanol–water partition coefficient (Wildman–Crippen LogP) is 17.3. The van der Waals surface area contributed by atoms with E-state index in [2.05, 4.69) is 291 Å². The maximum absolute atomic E-state index is 2.61.